The number of rotatable bonds is 4. The Morgan fingerprint density at radius 2 is 1.85 bits per heavy atom. The largest absolute Gasteiger partial charge is 0.497 e. The smallest absolute Gasteiger partial charge is 0.410 e. The SMILES string of the molecule is COc1ccc(C[C@@H]2[C@H](OC(C)=O)[C@@H](O)CN2C(=O)OC(C)(C)C)cc1. The Morgan fingerprint density at radius 1 is 1.23 bits per heavy atom. The van der Waals surface area contributed by atoms with Gasteiger partial charge in [-0.3, -0.25) is 9.69 Å². The number of β-amino-alcohol motifs (C(OH)–C–C–N with tert-alkyl or cyclic N) is 1. The van der Waals surface area contributed by atoms with Crippen LogP contribution in [0.1, 0.15) is 33.3 Å². The molecular weight excluding hydrogens is 338 g/mol. The van der Waals surface area contributed by atoms with E-state index in [2.05, 4.69) is 0 Å². The van der Waals surface area contributed by atoms with Crippen molar-refractivity contribution >= 4 is 12.1 Å². The third-order valence-electron chi connectivity index (χ3n) is 4.08. The van der Waals surface area contributed by atoms with Crippen LogP contribution >= 0.6 is 0 Å². The standard InChI is InChI=1S/C19H27NO6/c1-12(21)25-17-15(10-13-6-8-14(24-5)9-7-13)20(11-16(17)22)18(23)26-19(2,3)4/h6-9,15-17,22H,10-11H2,1-5H3/t15-,16+,17+/m1/s1. The fourth-order valence-electron chi connectivity index (χ4n) is 2.98. The topological polar surface area (TPSA) is 85.3 Å². The molecule has 1 aliphatic rings. The minimum Gasteiger partial charge on any atom is -0.497 e. The van der Waals surface area contributed by atoms with Gasteiger partial charge in [0, 0.05) is 6.92 Å². The monoisotopic (exact) mass is 365 g/mol. The Labute approximate surface area is 153 Å². The normalized spacial score (nSPS) is 22.8. The molecule has 0 aromatic heterocycles. The van der Waals surface area contributed by atoms with Crippen molar-refractivity contribution in [2.24, 2.45) is 0 Å². The summed E-state index contributed by atoms with van der Waals surface area (Å²) in [6.45, 7) is 6.67. The number of esters is 1. The fraction of sp³-hybridized carbons (Fsp3) is 0.579. The average molecular weight is 365 g/mol. The summed E-state index contributed by atoms with van der Waals surface area (Å²) in [4.78, 5) is 25.5. The maximum Gasteiger partial charge on any atom is 0.410 e. The van der Waals surface area contributed by atoms with E-state index in [1.54, 1.807) is 27.9 Å². The molecule has 0 spiro atoms. The molecule has 0 unspecified atom stereocenters. The number of hydrogen-bond donors (Lipinski definition) is 1. The molecule has 26 heavy (non-hydrogen) atoms. The molecule has 1 aliphatic heterocycles. The first kappa shape index (κ1) is 20.0. The quantitative estimate of drug-likeness (QED) is 0.823. The van der Waals surface area contributed by atoms with Crippen LogP contribution in [0.5, 0.6) is 5.75 Å². The van der Waals surface area contributed by atoms with Crippen LogP contribution in [0.2, 0.25) is 0 Å². The van der Waals surface area contributed by atoms with Gasteiger partial charge in [0.1, 0.15) is 23.6 Å². The minimum absolute atomic E-state index is 0.0493. The summed E-state index contributed by atoms with van der Waals surface area (Å²) in [6, 6.07) is 6.87. The number of methoxy groups -OCH3 is 1. The molecule has 1 heterocycles. The first-order valence-corrected chi connectivity index (χ1v) is 8.58. The summed E-state index contributed by atoms with van der Waals surface area (Å²) < 4.78 is 15.9. The van der Waals surface area contributed by atoms with E-state index in [0.29, 0.717) is 6.42 Å². The lowest BCUT2D eigenvalue weighted by Crippen LogP contribution is -2.45. The molecule has 1 fully saturated rings. The van der Waals surface area contributed by atoms with Gasteiger partial charge in [-0.1, -0.05) is 12.1 Å². The number of ether oxygens (including phenoxy) is 3. The van der Waals surface area contributed by atoms with E-state index in [0.717, 1.165) is 11.3 Å². The van der Waals surface area contributed by atoms with Crippen molar-refractivity contribution in [3.05, 3.63) is 29.8 Å². The lowest BCUT2D eigenvalue weighted by atomic mass is 10.0. The maximum atomic E-state index is 12.6. The second-order valence-corrected chi connectivity index (χ2v) is 7.39. The van der Waals surface area contributed by atoms with Crippen molar-refractivity contribution in [1.29, 1.82) is 0 Å². The highest BCUT2D eigenvalue weighted by Crippen LogP contribution is 2.27. The zero-order valence-corrected chi connectivity index (χ0v) is 15.9. The van der Waals surface area contributed by atoms with Crippen LogP contribution in [-0.2, 0) is 20.7 Å². The van der Waals surface area contributed by atoms with Gasteiger partial charge in [0.15, 0.2) is 0 Å². The zero-order chi connectivity index (χ0) is 19.5. The first-order valence-electron chi connectivity index (χ1n) is 8.58. The van der Waals surface area contributed by atoms with Crippen LogP contribution in [0.4, 0.5) is 4.79 Å². The van der Waals surface area contributed by atoms with Crippen LogP contribution in [0.3, 0.4) is 0 Å². The van der Waals surface area contributed by atoms with Crippen molar-refractivity contribution in [2.45, 2.75) is 58.0 Å². The summed E-state index contributed by atoms with van der Waals surface area (Å²) in [5.41, 5.74) is 0.266. The number of aliphatic hydroxyl groups is 1. The van der Waals surface area contributed by atoms with Crippen molar-refractivity contribution < 1.29 is 28.9 Å². The zero-order valence-electron chi connectivity index (χ0n) is 15.9. The number of aliphatic hydroxyl groups excluding tert-OH is 1. The molecule has 0 saturated carbocycles. The van der Waals surface area contributed by atoms with E-state index in [-0.39, 0.29) is 6.54 Å². The van der Waals surface area contributed by atoms with Gasteiger partial charge < -0.3 is 19.3 Å². The van der Waals surface area contributed by atoms with Crippen LogP contribution in [0.25, 0.3) is 0 Å². The Morgan fingerprint density at radius 3 is 2.35 bits per heavy atom. The Hall–Kier alpha value is -2.28. The number of nitrogens with zero attached hydrogens (tertiary/aromatic N) is 1. The molecule has 0 radical (unpaired) electrons. The molecule has 2 rings (SSSR count). The molecule has 1 N–H and O–H groups in total. The van der Waals surface area contributed by atoms with Gasteiger partial charge in [0.25, 0.3) is 0 Å². The first-order chi connectivity index (χ1) is 12.1. The Kier molecular flexibility index (Phi) is 6.13. The number of carbonyl (C=O) groups excluding carboxylic acids is 2. The highest BCUT2D eigenvalue weighted by molar-refractivity contribution is 5.70. The van der Waals surface area contributed by atoms with Crippen molar-refractivity contribution in [2.75, 3.05) is 13.7 Å². The summed E-state index contributed by atoms with van der Waals surface area (Å²) in [5.74, 6) is 0.223. The Balaban J connectivity index is 2.24. The second-order valence-electron chi connectivity index (χ2n) is 7.39. The molecule has 3 atom stereocenters. The number of carbonyl (C=O) groups is 2. The highest BCUT2D eigenvalue weighted by Gasteiger charge is 2.46. The molecule has 0 bridgehead atoms. The van der Waals surface area contributed by atoms with Crippen molar-refractivity contribution in [3.63, 3.8) is 0 Å². The maximum absolute atomic E-state index is 12.6. The van der Waals surface area contributed by atoms with Crippen LogP contribution in [0, 0.1) is 0 Å². The average Bonchev–Trinajstić information content (AvgIpc) is 2.83. The molecule has 1 aromatic carbocycles. The van der Waals surface area contributed by atoms with Gasteiger partial charge in [0.2, 0.25) is 0 Å². The van der Waals surface area contributed by atoms with E-state index < -0.39 is 35.9 Å². The molecule has 144 valence electrons. The molecule has 1 saturated heterocycles. The van der Waals surface area contributed by atoms with Gasteiger partial charge in [-0.05, 0) is 44.9 Å². The van der Waals surface area contributed by atoms with E-state index in [1.807, 2.05) is 24.3 Å². The molecule has 1 aromatic rings. The highest BCUT2D eigenvalue weighted by atomic mass is 16.6. The second kappa shape index (κ2) is 7.95. The third-order valence-corrected chi connectivity index (χ3v) is 4.08. The number of likely N-dealkylation sites (tertiary alicyclic amines) is 1. The third kappa shape index (κ3) is 5.11. The van der Waals surface area contributed by atoms with E-state index in [9.17, 15) is 14.7 Å². The van der Waals surface area contributed by atoms with Crippen LogP contribution in [0.15, 0.2) is 24.3 Å². The molecule has 7 nitrogen and oxygen atoms in total. The van der Waals surface area contributed by atoms with Gasteiger partial charge >= 0.3 is 12.1 Å². The summed E-state index contributed by atoms with van der Waals surface area (Å²) in [7, 11) is 1.59. The molecule has 0 aliphatic carbocycles. The van der Waals surface area contributed by atoms with Gasteiger partial charge in [0.05, 0.1) is 19.7 Å². The summed E-state index contributed by atoms with van der Waals surface area (Å²) in [5, 5.41) is 10.3. The number of amides is 1. The molecule has 7 heteroatoms. The summed E-state index contributed by atoms with van der Waals surface area (Å²) in [6.07, 6.45) is -1.89. The minimum atomic E-state index is -0.963. The predicted octanol–water partition coefficient (Wildman–Crippen LogP) is 2.15. The predicted molar refractivity (Wildman–Crippen MR) is 95.0 cm³/mol. The fourth-order valence-corrected chi connectivity index (χ4v) is 2.98. The van der Waals surface area contributed by atoms with Crippen molar-refractivity contribution in [1.82, 2.24) is 4.90 Å². The number of benzene rings is 1. The van der Waals surface area contributed by atoms with E-state index in [4.69, 9.17) is 14.2 Å². The molecular formula is C19H27NO6. The van der Waals surface area contributed by atoms with Crippen LogP contribution in [-0.4, -0.2) is 59.6 Å². The van der Waals surface area contributed by atoms with E-state index >= 15 is 0 Å². The lowest BCUT2D eigenvalue weighted by Gasteiger charge is -2.30. The lowest BCUT2D eigenvalue weighted by molar-refractivity contribution is -0.151. The van der Waals surface area contributed by atoms with Crippen LogP contribution < -0.4 is 4.74 Å². The van der Waals surface area contributed by atoms with Crippen molar-refractivity contribution in [3.8, 4) is 5.75 Å². The van der Waals surface area contributed by atoms with Gasteiger partial charge in [-0.25, -0.2) is 4.79 Å². The molecule has 1 amide bonds. The van der Waals surface area contributed by atoms with Gasteiger partial charge in [-0.2, -0.15) is 0 Å². The van der Waals surface area contributed by atoms with E-state index in [1.165, 1.54) is 11.8 Å². The van der Waals surface area contributed by atoms with Gasteiger partial charge in [-0.15, -0.1) is 0 Å². The number of hydrogen-bond acceptors (Lipinski definition) is 6. The summed E-state index contributed by atoms with van der Waals surface area (Å²) >= 11 is 0. The Bertz CT molecular complexity index is 636.